The van der Waals surface area contributed by atoms with Crippen molar-refractivity contribution < 1.29 is 9.53 Å². The summed E-state index contributed by atoms with van der Waals surface area (Å²) in [4.78, 5) is 16.7. The average Bonchev–Trinajstić information content (AvgIpc) is 3.13. The van der Waals surface area contributed by atoms with Crippen molar-refractivity contribution in [3.05, 3.63) is 35.3 Å². The Labute approximate surface area is 170 Å². The molecule has 0 saturated carbocycles. The van der Waals surface area contributed by atoms with Gasteiger partial charge in [0.2, 0.25) is 0 Å². The van der Waals surface area contributed by atoms with Crippen LogP contribution in [0.25, 0.3) is 10.6 Å². The fraction of sp³-hybridized carbons (Fsp3) is 0.444. The van der Waals surface area contributed by atoms with E-state index in [1.54, 1.807) is 7.11 Å². The van der Waals surface area contributed by atoms with Gasteiger partial charge in [-0.15, -0.1) is 36.2 Å². The third-order valence-corrected chi connectivity index (χ3v) is 5.20. The van der Waals surface area contributed by atoms with Crippen molar-refractivity contribution in [2.45, 2.75) is 19.3 Å². The van der Waals surface area contributed by atoms with Gasteiger partial charge in [-0.3, -0.25) is 4.79 Å². The Balaban J connectivity index is 0.00000169. The molecule has 1 aliphatic rings. The van der Waals surface area contributed by atoms with E-state index in [0.717, 1.165) is 35.8 Å². The predicted octanol–water partition coefficient (Wildman–Crippen LogP) is 3.78. The largest absolute Gasteiger partial charge is 0.497 e. The molecule has 2 aromatic rings. The third kappa shape index (κ3) is 6.13. The van der Waals surface area contributed by atoms with Crippen LogP contribution in [0.1, 0.15) is 29.8 Å². The van der Waals surface area contributed by atoms with Gasteiger partial charge >= 0.3 is 0 Å². The van der Waals surface area contributed by atoms with E-state index in [2.05, 4.69) is 15.6 Å². The van der Waals surface area contributed by atoms with Gasteiger partial charge in [-0.05, 0) is 62.5 Å². The van der Waals surface area contributed by atoms with Crippen LogP contribution in [0, 0.1) is 5.92 Å². The molecule has 8 heteroatoms. The van der Waals surface area contributed by atoms with E-state index in [9.17, 15) is 4.79 Å². The molecular weight excluding hydrogens is 393 g/mol. The lowest BCUT2D eigenvalue weighted by atomic mass is 9.96. The molecule has 1 aromatic heterocycles. The highest BCUT2D eigenvalue weighted by Crippen LogP contribution is 2.25. The second kappa shape index (κ2) is 11.4. The zero-order chi connectivity index (χ0) is 16.8. The van der Waals surface area contributed by atoms with Crippen LogP contribution in [0.4, 0.5) is 0 Å². The predicted molar refractivity (Wildman–Crippen MR) is 111 cm³/mol. The van der Waals surface area contributed by atoms with Crippen molar-refractivity contribution in [1.82, 2.24) is 15.6 Å². The van der Waals surface area contributed by atoms with Crippen LogP contribution in [0.5, 0.6) is 5.75 Å². The number of thiazole rings is 1. The fourth-order valence-corrected chi connectivity index (χ4v) is 3.70. The maximum absolute atomic E-state index is 12.2. The van der Waals surface area contributed by atoms with Crippen molar-refractivity contribution in [3.8, 4) is 16.3 Å². The van der Waals surface area contributed by atoms with Gasteiger partial charge in [0.05, 0.1) is 7.11 Å². The number of nitrogens with one attached hydrogen (secondary N) is 2. The maximum atomic E-state index is 12.2. The zero-order valence-corrected chi connectivity index (χ0v) is 17.1. The van der Waals surface area contributed by atoms with E-state index in [4.69, 9.17) is 4.74 Å². The number of amides is 1. The van der Waals surface area contributed by atoms with Crippen LogP contribution in [-0.4, -0.2) is 37.6 Å². The van der Waals surface area contributed by atoms with Crippen LogP contribution in [-0.2, 0) is 0 Å². The van der Waals surface area contributed by atoms with Gasteiger partial charge in [0, 0.05) is 17.5 Å². The lowest BCUT2D eigenvalue weighted by Crippen LogP contribution is -2.33. The lowest BCUT2D eigenvalue weighted by molar-refractivity contribution is 0.0946. The molecule has 0 aliphatic carbocycles. The molecule has 0 bridgehead atoms. The molecule has 1 aliphatic heterocycles. The number of halogens is 2. The number of carbonyl (C=O) groups excluding carboxylic acids is 1. The Hall–Kier alpha value is -1.34. The molecule has 5 nitrogen and oxygen atoms in total. The van der Waals surface area contributed by atoms with Crippen LogP contribution in [0.15, 0.2) is 29.6 Å². The molecule has 0 spiro atoms. The second-order valence-electron chi connectivity index (χ2n) is 6.02. The van der Waals surface area contributed by atoms with E-state index in [-0.39, 0.29) is 30.7 Å². The number of hydrogen-bond acceptors (Lipinski definition) is 5. The molecule has 1 atom stereocenters. The van der Waals surface area contributed by atoms with Crippen molar-refractivity contribution in [1.29, 1.82) is 0 Å². The summed E-state index contributed by atoms with van der Waals surface area (Å²) in [5.41, 5.74) is 1.49. The van der Waals surface area contributed by atoms with Gasteiger partial charge in [-0.2, -0.15) is 0 Å². The van der Waals surface area contributed by atoms with Crippen LogP contribution in [0.2, 0.25) is 0 Å². The quantitative estimate of drug-likeness (QED) is 0.750. The second-order valence-corrected chi connectivity index (χ2v) is 6.88. The van der Waals surface area contributed by atoms with E-state index >= 15 is 0 Å². The molecule has 2 N–H and O–H groups in total. The smallest absolute Gasteiger partial charge is 0.270 e. The first-order valence-corrected chi connectivity index (χ1v) is 9.23. The number of methoxy groups -OCH3 is 1. The highest BCUT2D eigenvalue weighted by atomic mass is 35.5. The minimum atomic E-state index is -0.0882. The number of ether oxygens (including phenoxy) is 1. The fourth-order valence-electron chi connectivity index (χ4n) is 2.89. The van der Waals surface area contributed by atoms with Crippen LogP contribution < -0.4 is 15.4 Å². The Morgan fingerprint density at radius 3 is 2.77 bits per heavy atom. The van der Waals surface area contributed by atoms with Crippen LogP contribution in [0.3, 0.4) is 0 Å². The first-order chi connectivity index (χ1) is 11.8. The number of aromatic nitrogens is 1. The summed E-state index contributed by atoms with van der Waals surface area (Å²) in [5, 5.41) is 9.05. The number of carbonyl (C=O) groups is 1. The number of nitrogens with zero attached hydrogens (tertiary/aromatic N) is 1. The number of rotatable bonds is 6. The van der Waals surface area contributed by atoms with Gasteiger partial charge in [-0.25, -0.2) is 4.98 Å². The SMILES string of the molecule is COc1ccc(-c2nc(C(=O)NCCC3CCCNC3)cs2)cc1.Cl.Cl. The summed E-state index contributed by atoms with van der Waals surface area (Å²) < 4.78 is 5.16. The summed E-state index contributed by atoms with van der Waals surface area (Å²) in [6.07, 6.45) is 3.51. The molecule has 1 unspecified atom stereocenters. The molecule has 26 heavy (non-hydrogen) atoms. The maximum Gasteiger partial charge on any atom is 0.270 e. The zero-order valence-electron chi connectivity index (χ0n) is 14.7. The lowest BCUT2D eigenvalue weighted by Gasteiger charge is -2.22. The van der Waals surface area contributed by atoms with Gasteiger partial charge in [0.25, 0.3) is 5.91 Å². The van der Waals surface area contributed by atoms with E-state index < -0.39 is 0 Å². The summed E-state index contributed by atoms with van der Waals surface area (Å²) in [7, 11) is 1.64. The van der Waals surface area contributed by atoms with Crippen molar-refractivity contribution in [2.75, 3.05) is 26.7 Å². The number of piperidine rings is 1. The number of hydrogen-bond donors (Lipinski definition) is 2. The highest BCUT2D eigenvalue weighted by Gasteiger charge is 2.15. The Kier molecular flexibility index (Phi) is 9.94. The normalized spacial score (nSPS) is 16.1. The molecule has 1 amide bonds. The molecular formula is C18H25Cl2N3O2S. The molecule has 1 saturated heterocycles. The molecule has 144 valence electrons. The summed E-state index contributed by atoms with van der Waals surface area (Å²) >= 11 is 1.48. The topological polar surface area (TPSA) is 63.2 Å². The highest BCUT2D eigenvalue weighted by molar-refractivity contribution is 7.13. The minimum absolute atomic E-state index is 0. The molecule has 2 heterocycles. The molecule has 3 rings (SSSR count). The van der Waals surface area contributed by atoms with Gasteiger partial charge in [-0.1, -0.05) is 0 Å². The Morgan fingerprint density at radius 1 is 1.35 bits per heavy atom. The van der Waals surface area contributed by atoms with E-state index in [1.807, 2.05) is 29.6 Å². The van der Waals surface area contributed by atoms with Gasteiger partial charge < -0.3 is 15.4 Å². The summed E-state index contributed by atoms with van der Waals surface area (Å²) in [6.45, 7) is 2.89. The number of benzene rings is 1. The molecule has 1 fully saturated rings. The Morgan fingerprint density at radius 2 is 2.12 bits per heavy atom. The van der Waals surface area contributed by atoms with E-state index in [1.165, 1.54) is 24.2 Å². The van der Waals surface area contributed by atoms with Crippen molar-refractivity contribution in [3.63, 3.8) is 0 Å². The molecule has 1 aromatic carbocycles. The van der Waals surface area contributed by atoms with E-state index in [0.29, 0.717) is 18.2 Å². The Bertz CT molecular complexity index is 673. The standard InChI is InChI=1S/C18H23N3O2S.2ClH/c1-23-15-6-4-14(5-7-15)18-21-16(12-24-18)17(22)20-10-8-13-3-2-9-19-11-13;;/h4-7,12-13,19H,2-3,8-11H2,1H3,(H,20,22);2*1H. The van der Waals surface area contributed by atoms with Gasteiger partial charge in [0.1, 0.15) is 16.5 Å². The molecule has 0 radical (unpaired) electrons. The summed E-state index contributed by atoms with van der Waals surface area (Å²) in [6, 6.07) is 7.70. The van der Waals surface area contributed by atoms with Crippen molar-refractivity contribution >= 4 is 42.1 Å². The first-order valence-electron chi connectivity index (χ1n) is 8.35. The summed E-state index contributed by atoms with van der Waals surface area (Å²) in [5.74, 6) is 1.39. The average molecular weight is 418 g/mol. The van der Waals surface area contributed by atoms with Gasteiger partial charge in [0.15, 0.2) is 0 Å². The monoisotopic (exact) mass is 417 g/mol. The first kappa shape index (κ1) is 22.7. The van der Waals surface area contributed by atoms with Crippen molar-refractivity contribution in [2.24, 2.45) is 5.92 Å². The third-order valence-electron chi connectivity index (χ3n) is 4.31. The minimum Gasteiger partial charge on any atom is -0.497 e. The van der Waals surface area contributed by atoms with Crippen LogP contribution >= 0.6 is 36.2 Å².